The fourth-order valence-corrected chi connectivity index (χ4v) is 3.38. The summed E-state index contributed by atoms with van der Waals surface area (Å²) >= 11 is 0. The molecule has 0 radical (unpaired) electrons. The van der Waals surface area contributed by atoms with Gasteiger partial charge >= 0.3 is 11.9 Å². The van der Waals surface area contributed by atoms with Crippen molar-refractivity contribution in [2.24, 2.45) is 0 Å². The Balaban J connectivity index is 0.000000168. The van der Waals surface area contributed by atoms with E-state index in [0.29, 0.717) is 27.8 Å². The predicted octanol–water partition coefficient (Wildman–Crippen LogP) is 5.30. The molecular weight excluding hydrogens is 436 g/mol. The van der Waals surface area contributed by atoms with Crippen LogP contribution in [-0.4, -0.2) is 17.7 Å². The molecule has 4 aromatic carbocycles. The van der Waals surface area contributed by atoms with Crippen LogP contribution in [0.4, 0.5) is 0 Å². The average molecular weight is 454 g/mol. The SMILES string of the molecule is C#Cc1ccccc1C(=O)c1ccccc1.O=C1OC(=O)c2cc(C#Cc3ccccc3)ccc21. The van der Waals surface area contributed by atoms with Crippen LogP contribution >= 0.6 is 0 Å². The molecule has 0 fully saturated rings. The van der Waals surface area contributed by atoms with Crippen LogP contribution in [0.25, 0.3) is 0 Å². The van der Waals surface area contributed by atoms with Crippen LogP contribution in [0.1, 0.15) is 53.3 Å². The van der Waals surface area contributed by atoms with E-state index in [2.05, 4.69) is 22.5 Å². The second kappa shape index (κ2) is 10.6. The molecular formula is C31H18O4. The molecule has 0 saturated carbocycles. The van der Waals surface area contributed by atoms with Gasteiger partial charge in [0.2, 0.25) is 0 Å². The molecule has 0 N–H and O–H groups in total. The highest BCUT2D eigenvalue weighted by molar-refractivity contribution is 6.14. The lowest BCUT2D eigenvalue weighted by atomic mass is 9.99. The number of ketones is 1. The van der Waals surface area contributed by atoms with E-state index in [-0.39, 0.29) is 11.3 Å². The van der Waals surface area contributed by atoms with Gasteiger partial charge in [0, 0.05) is 27.8 Å². The fourth-order valence-electron chi connectivity index (χ4n) is 3.38. The van der Waals surface area contributed by atoms with Crippen molar-refractivity contribution in [3.05, 3.63) is 142 Å². The van der Waals surface area contributed by atoms with Crippen LogP contribution in [-0.2, 0) is 4.74 Å². The highest BCUT2D eigenvalue weighted by atomic mass is 16.6. The van der Waals surface area contributed by atoms with E-state index in [1.807, 2.05) is 60.7 Å². The first kappa shape index (κ1) is 23.0. The molecule has 1 aliphatic rings. The number of ether oxygens (including phenoxy) is 1. The number of hydrogen-bond acceptors (Lipinski definition) is 4. The van der Waals surface area contributed by atoms with Gasteiger partial charge < -0.3 is 4.74 Å². The molecule has 0 unspecified atom stereocenters. The van der Waals surface area contributed by atoms with Crippen LogP contribution in [0.2, 0.25) is 0 Å². The first-order valence-corrected chi connectivity index (χ1v) is 10.7. The van der Waals surface area contributed by atoms with Crippen LogP contribution in [0.3, 0.4) is 0 Å². The van der Waals surface area contributed by atoms with Crippen molar-refractivity contribution in [1.29, 1.82) is 0 Å². The molecule has 4 nitrogen and oxygen atoms in total. The largest absolute Gasteiger partial charge is 0.386 e. The molecule has 35 heavy (non-hydrogen) atoms. The Labute approximate surface area is 203 Å². The molecule has 166 valence electrons. The Morgan fingerprint density at radius 1 is 0.657 bits per heavy atom. The molecule has 4 heteroatoms. The fraction of sp³-hybridized carbons (Fsp3) is 0. The minimum Gasteiger partial charge on any atom is -0.386 e. The third-order valence-corrected chi connectivity index (χ3v) is 5.13. The summed E-state index contributed by atoms with van der Waals surface area (Å²) in [7, 11) is 0. The molecule has 0 aliphatic carbocycles. The number of benzene rings is 4. The van der Waals surface area contributed by atoms with Gasteiger partial charge in [0.05, 0.1) is 11.1 Å². The smallest absolute Gasteiger partial charge is 0.346 e. The molecule has 0 saturated heterocycles. The second-order valence-corrected chi connectivity index (χ2v) is 7.44. The number of terminal acetylenes is 1. The number of fused-ring (bicyclic) bond motifs is 1. The van der Waals surface area contributed by atoms with E-state index < -0.39 is 11.9 Å². The summed E-state index contributed by atoms with van der Waals surface area (Å²) in [6.45, 7) is 0. The summed E-state index contributed by atoms with van der Waals surface area (Å²) in [5, 5.41) is 0. The Kier molecular flexibility index (Phi) is 6.97. The summed E-state index contributed by atoms with van der Waals surface area (Å²) in [5.74, 6) is 7.24. The zero-order valence-electron chi connectivity index (χ0n) is 18.5. The van der Waals surface area contributed by atoms with Gasteiger partial charge in [-0.25, -0.2) is 9.59 Å². The van der Waals surface area contributed by atoms with Crippen molar-refractivity contribution >= 4 is 17.7 Å². The highest BCUT2D eigenvalue weighted by Gasteiger charge is 2.29. The van der Waals surface area contributed by atoms with Crippen molar-refractivity contribution in [3.63, 3.8) is 0 Å². The Hall–Kier alpha value is -5.19. The maximum atomic E-state index is 12.1. The summed E-state index contributed by atoms with van der Waals surface area (Å²) in [6, 6.07) is 30.7. The Bertz CT molecular complexity index is 1520. The molecule has 1 heterocycles. The summed E-state index contributed by atoms with van der Waals surface area (Å²) in [5.41, 5.74) is 4.02. The number of carbonyl (C=O) groups is 3. The average Bonchev–Trinajstić information content (AvgIpc) is 3.21. The van der Waals surface area contributed by atoms with Gasteiger partial charge in [0.25, 0.3) is 0 Å². The third-order valence-electron chi connectivity index (χ3n) is 5.13. The molecule has 0 bridgehead atoms. The second-order valence-electron chi connectivity index (χ2n) is 7.44. The molecule has 0 aromatic heterocycles. The van der Waals surface area contributed by atoms with Crippen molar-refractivity contribution in [1.82, 2.24) is 0 Å². The van der Waals surface area contributed by atoms with Crippen LogP contribution in [0.5, 0.6) is 0 Å². The quantitative estimate of drug-likeness (QED) is 0.179. The number of carbonyl (C=O) groups excluding carboxylic acids is 3. The lowest BCUT2D eigenvalue weighted by molar-refractivity contribution is 0.0443. The lowest BCUT2D eigenvalue weighted by Crippen LogP contribution is -2.03. The first-order valence-electron chi connectivity index (χ1n) is 10.7. The van der Waals surface area contributed by atoms with Crippen LogP contribution < -0.4 is 0 Å². The van der Waals surface area contributed by atoms with Crippen molar-refractivity contribution < 1.29 is 19.1 Å². The molecule has 0 amide bonds. The standard InChI is InChI=1S/C16H8O3.C15H10O/c17-15-13-9-8-12(10-14(13)16(18)19-15)7-6-11-4-2-1-3-5-11;1-2-12-8-6-7-11-14(12)15(16)13-9-4-3-5-10-13/h1-5,8-10H;1,3-11H. The van der Waals surface area contributed by atoms with E-state index in [4.69, 9.17) is 6.42 Å². The molecule has 1 aliphatic heterocycles. The van der Waals surface area contributed by atoms with Crippen molar-refractivity contribution in [2.75, 3.05) is 0 Å². The normalized spacial score (nSPS) is 11.1. The Morgan fingerprint density at radius 2 is 1.26 bits per heavy atom. The van der Waals surface area contributed by atoms with E-state index in [0.717, 1.165) is 5.56 Å². The third kappa shape index (κ3) is 5.42. The van der Waals surface area contributed by atoms with Crippen LogP contribution in [0, 0.1) is 24.2 Å². The first-order chi connectivity index (χ1) is 17.1. The number of esters is 2. The number of rotatable bonds is 2. The van der Waals surface area contributed by atoms with Crippen molar-refractivity contribution in [3.8, 4) is 24.2 Å². The monoisotopic (exact) mass is 454 g/mol. The minimum absolute atomic E-state index is 0.0332. The van der Waals surface area contributed by atoms with E-state index in [1.54, 1.807) is 42.5 Å². The van der Waals surface area contributed by atoms with Gasteiger partial charge in [-0.2, -0.15) is 0 Å². The molecule has 4 aromatic rings. The molecule has 5 rings (SSSR count). The zero-order chi connectivity index (χ0) is 24.6. The maximum Gasteiger partial charge on any atom is 0.346 e. The summed E-state index contributed by atoms with van der Waals surface area (Å²) in [4.78, 5) is 34.8. The van der Waals surface area contributed by atoms with Crippen molar-refractivity contribution in [2.45, 2.75) is 0 Å². The molecule has 0 spiro atoms. The van der Waals surface area contributed by atoms with E-state index >= 15 is 0 Å². The van der Waals surface area contributed by atoms with Gasteiger partial charge in [-0.05, 0) is 42.5 Å². The summed E-state index contributed by atoms with van der Waals surface area (Å²) in [6.07, 6.45) is 5.36. The van der Waals surface area contributed by atoms with Gasteiger partial charge in [-0.3, -0.25) is 4.79 Å². The van der Waals surface area contributed by atoms with Gasteiger partial charge in [-0.15, -0.1) is 6.42 Å². The minimum atomic E-state index is -0.608. The number of cyclic esters (lactones) is 2. The highest BCUT2D eigenvalue weighted by Crippen LogP contribution is 2.20. The lowest BCUT2D eigenvalue weighted by Gasteiger charge is -2.03. The predicted molar refractivity (Wildman–Crippen MR) is 133 cm³/mol. The van der Waals surface area contributed by atoms with Crippen LogP contribution in [0.15, 0.2) is 103 Å². The number of hydrogen-bond donors (Lipinski definition) is 0. The maximum absolute atomic E-state index is 12.1. The van der Waals surface area contributed by atoms with Gasteiger partial charge in [0.15, 0.2) is 5.78 Å². The van der Waals surface area contributed by atoms with E-state index in [9.17, 15) is 14.4 Å². The van der Waals surface area contributed by atoms with Gasteiger partial charge in [-0.1, -0.05) is 78.4 Å². The topological polar surface area (TPSA) is 60.4 Å². The zero-order valence-corrected chi connectivity index (χ0v) is 18.5. The molecule has 0 atom stereocenters. The Morgan fingerprint density at radius 3 is 1.97 bits per heavy atom. The van der Waals surface area contributed by atoms with E-state index in [1.165, 1.54) is 0 Å². The summed E-state index contributed by atoms with van der Waals surface area (Å²) < 4.78 is 4.52. The van der Waals surface area contributed by atoms with Gasteiger partial charge in [0.1, 0.15) is 0 Å².